The van der Waals surface area contributed by atoms with E-state index in [2.05, 4.69) is 4.98 Å². The lowest BCUT2D eigenvalue weighted by atomic mass is 10.2. The van der Waals surface area contributed by atoms with Crippen LogP contribution in [0.2, 0.25) is 0 Å². The normalized spacial score (nSPS) is 10.1. The summed E-state index contributed by atoms with van der Waals surface area (Å²) in [4.78, 5) is 15.7. The Bertz CT molecular complexity index is 514. The molecule has 3 nitrogen and oxygen atoms in total. The van der Waals surface area contributed by atoms with E-state index in [9.17, 15) is 4.79 Å². The summed E-state index contributed by atoms with van der Waals surface area (Å²) in [6.07, 6.45) is 1.53. The zero-order valence-electron chi connectivity index (χ0n) is 9.04. The molecular weight excluding hydrogens is 234 g/mol. The van der Waals surface area contributed by atoms with Crippen molar-refractivity contribution in [1.29, 1.82) is 0 Å². The number of thioether (sulfide) groups is 1. The third-order valence-corrected chi connectivity index (χ3v) is 3.28. The molecule has 0 saturated carbocycles. The Morgan fingerprint density at radius 3 is 2.71 bits per heavy atom. The summed E-state index contributed by atoms with van der Waals surface area (Å²) in [5.41, 5.74) is 1.06. The Hall–Kier alpha value is -1.81. The Kier molecular flexibility index (Phi) is 3.77. The summed E-state index contributed by atoms with van der Waals surface area (Å²) >= 11 is 1.67. The number of aromatic nitrogens is 1. The highest BCUT2D eigenvalue weighted by atomic mass is 32.2. The second-order valence-electron chi connectivity index (χ2n) is 3.46. The van der Waals surface area contributed by atoms with Gasteiger partial charge in [-0.1, -0.05) is 18.2 Å². The molecule has 0 aliphatic rings. The van der Waals surface area contributed by atoms with Crippen molar-refractivity contribution in [2.45, 2.75) is 10.6 Å². The first-order valence-corrected chi connectivity index (χ1v) is 6.10. The predicted octanol–water partition coefficient (Wildman–Crippen LogP) is 3.07. The van der Waals surface area contributed by atoms with Crippen LogP contribution in [0.25, 0.3) is 0 Å². The van der Waals surface area contributed by atoms with Gasteiger partial charge in [0.05, 0.1) is 0 Å². The summed E-state index contributed by atoms with van der Waals surface area (Å²) in [6, 6.07) is 13.4. The molecule has 4 heteroatoms. The van der Waals surface area contributed by atoms with Gasteiger partial charge in [-0.25, -0.2) is 9.78 Å². The first-order valence-electron chi connectivity index (χ1n) is 5.12. The fourth-order valence-electron chi connectivity index (χ4n) is 1.36. The van der Waals surface area contributed by atoms with Crippen molar-refractivity contribution >= 4 is 17.7 Å². The van der Waals surface area contributed by atoms with E-state index < -0.39 is 5.97 Å². The van der Waals surface area contributed by atoms with Crippen LogP contribution in [-0.4, -0.2) is 16.1 Å². The number of benzene rings is 1. The van der Waals surface area contributed by atoms with Gasteiger partial charge in [0.15, 0.2) is 0 Å². The third kappa shape index (κ3) is 3.32. The van der Waals surface area contributed by atoms with E-state index in [4.69, 9.17) is 5.11 Å². The number of aromatic carboxylic acids is 1. The second-order valence-corrected chi connectivity index (χ2v) is 4.50. The van der Waals surface area contributed by atoms with E-state index in [0.717, 1.165) is 11.3 Å². The molecule has 0 unspecified atom stereocenters. The summed E-state index contributed by atoms with van der Waals surface area (Å²) in [5, 5.41) is 8.83. The minimum absolute atomic E-state index is 0.0937. The van der Waals surface area contributed by atoms with Crippen LogP contribution in [0.5, 0.6) is 0 Å². The van der Waals surface area contributed by atoms with Gasteiger partial charge in [0, 0.05) is 16.8 Å². The fourth-order valence-corrected chi connectivity index (χ4v) is 2.23. The molecule has 1 heterocycles. The van der Waals surface area contributed by atoms with Crippen molar-refractivity contribution < 1.29 is 9.90 Å². The quantitative estimate of drug-likeness (QED) is 0.841. The maximum atomic E-state index is 10.8. The molecule has 0 bridgehead atoms. The van der Waals surface area contributed by atoms with Crippen LogP contribution in [0.15, 0.2) is 53.6 Å². The monoisotopic (exact) mass is 245 g/mol. The van der Waals surface area contributed by atoms with E-state index in [1.165, 1.54) is 11.1 Å². The Balaban J connectivity index is 2.04. The molecule has 0 atom stereocenters. The molecular formula is C13H11NO2S. The minimum Gasteiger partial charge on any atom is -0.477 e. The molecule has 1 N–H and O–H groups in total. The average molecular weight is 245 g/mol. The Labute approximate surface area is 104 Å². The number of hydrogen-bond acceptors (Lipinski definition) is 3. The van der Waals surface area contributed by atoms with Gasteiger partial charge in [0.1, 0.15) is 5.69 Å². The Morgan fingerprint density at radius 2 is 2.00 bits per heavy atom. The molecule has 2 aromatic rings. The highest BCUT2D eigenvalue weighted by Crippen LogP contribution is 2.22. The van der Waals surface area contributed by atoms with Gasteiger partial charge in [0.2, 0.25) is 0 Å². The molecule has 0 aliphatic carbocycles. The van der Waals surface area contributed by atoms with Crippen molar-refractivity contribution in [2.75, 3.05) is 0 Å². The number of pyridine rings is 1. The van der Waals surface area contributed by atoms with Crippen molar-refractivity contribution in [1.82, 2.24) is 4.98 Å². The number of nitrogens with zero attached hydrogens (tertiary/aromatic N) is 1. The van der Waals surface area contributed by atoms with Gasteiger partial charge in [-0.2, -0.15) is 0 Å². The van der Waals surface area contributed by atoms with E-state index in [0.29, 0.717) is 0 Å². The van der Waals surface area contributed by atoms with Gasteiger partial charge in [0.25, 0.3) is 0 Å². The highest BCUT2D eigenvalue weighted by molar-refractivity contribution is 7.98. The fraction of sp³-hybridized carbons (Fsp3) is 0.0769. The topological polar surface area (TPSA) is 50.2 Å². The van der Waals surface area contributed by atoms with E-state index in [1.54, 1.807) is 17.8 Å². The summed E-state index contributed by atoms with van der Waals surface area (Å²) in [7, 11) is 0. The van der Waals surface area contributed by atoms with Gasteiger partial charge < -0.3 is 5.11 Å². The first-order chi connectivity index (χ1) is 8.25. The zero-order valence-corrected chi connectivity index (χ0v) is 9.85. The number of carboxylic acid groups (broad SMARTS) is 1. The molecule has 0 fully saturated rings. The summed E-state index contributed by atoms with van der Waals surface area (Å²) in [5.74, 6) is -0.246. The van der Waals surface area contributed by atoms with Crippen LogP contribution in [-0.2, 0) is 5.75 Å². The lowest BCUT2D eigenvalue weighted by Crippen LogP contribution is -2.00. The second kappa shape index (κ2) is 5.50. The molecule has 2 rings (SSSR count). The molecule has 1 aromatic heterocycles. The standard InChI is InChI=1S/C13H11NO2S/c15-13(16)12-8-10(6-7-14-12)9-17-11-4-2-1-3-5-11/h1-8H,9H2,(H,15,16). The number of carboxylic acids is 1. The smallest absolute Gasteiger partial charge is 0.354 e. The van der Waals surface area contributed by atoms with E-state index >= 15 is 0 Å². The molecule has 1 aromatic carbocycles. The molecule has 0 spiro atoms. The van der Waals surface area contributed by atoms with Gasteiger partial charge in [-0.3, -0.25) is 0 Å². The van der Waals surface area contributed by atoms with Gasteiger partial charge in [-0.15, -0.1) is 11.8 Å². The molecule has 0 aliphatic heterocycles. The van der Waals surface area contributed by atoms with Crippen LogP contribution >= 0.6 is 11.8 Å². The molecule has 0 saturated heterocycles. The minimum atomic E-state index is -0.989. The maximum Gasteiger partial charge on any atom is 0.354 e. The largest absolute Gasteiger partial charge is 0.477 e. The van der Waals surface area contributed by atoms with Crippen molar-refractivity contribution in [3.63, 3.8) is 0 Å². The molecule has 86 valence electrons. The number of hydrogen-bond donors (Lipinski definition) is 1. The lowest BCUT2D eigenvalue weighted by Gasteiger charge is -2.02. The lowest BCUT2D eigenvalue weighted by molar-refractivity contribution is 0.0690. The first kappa shape index (κ1) is 11.7. The maximum absolute atomic E-state index is 10.8. The average Bonchev–Trinajstić information content (AvgIpc) is 2.38. The van der Waals surface area contributed by atoms with Gasteiger partial charge in [-0.05, 0) is 29.8 Å². The van der Waals surface area contributed by atoms with Crippen molar-refractivity contribution in [3.8, 4) is 0 Å². The number of rotatable bonds is 4. The Morgan fingerprint density at radius 1 is 1.24 bits per heavy atom. The molecule has 0 amide bonds. The van der Waals surface area contributed by atoms with Crippen LogP contribution in [0.1, 0.15) is 16.1 Å². The van der Waals surface area contributed by atoms with E-state index in [1.807, 2.05) is 36.4 Å². The third-order valence-electron chi connectivity index (χ3n) is 2.19. The predicted molar refractivity (Wildman–Crippen MR) is 67.2 cm³/mol. The zero-order chi connectivity index (χ0) is 12.1. The van der Waals surface area contributed by atoms with Crippen LogP contribution in [0.3, 0.4) is 0 Å². The number of carbonyl (C=O) groups is 1. The van der Waals surface area contributed by atoms with Gasteiger partial charge >= 0.3 is 5.97 Å². The van der Waals surface area contributed by atoms with Crippen LogP contribution in [0, 0.1) is 0 Å². The van der Waals surface area contributed by atoms with Crippen molar-refractivity contribution in [3.05, 3.63) is 59.9 Å². The van der Waals surface area contributed by atoms with Crippen molar-refractivity contribution in [2.24, 2.45) is 0 Å². The van der Waals surface area contributed by atoms with Crippen LogP contribution < -0.4 is 0 Å². The highest BCUT2D eigenvalue weighted by Gasteiger charge is 2.05. The summed E-state index contributed by atoms with van der Waals surface area (Å²) in [6.45, 7) is 0. The summed E-state index contributed by atoms with van der Waals surface area (Å²) < 4.78 is 0. The molecule has 0 radical (unpaired) electrons. The van der Waals surface area contributed by atoms with E-state index in [-0.39, 0.29) is 5.69 Å². The molecule has 17 heavy (non-hydrogen) atoms. The van der Waals surface area contributed by atoms with Crippen LogP contribution in [0.4, 0.5) is 0 Å². The SMILES string of the molecule is O=C(O)c1cc(CSc2ccccc2)ccn1.